The maximum Gasteiger partial charge on any atom is 0.109 e. The van der Waals surface area contributed by atoms with E-state index in [9.17, 15) is 0 Å². The second kappa shape index (κ2) is 6.68. The van der Waals surface area contributed by atoms with Crippen LogP contribution in [0.15, 0.2) is 29.9 Å². The van der Waals surface area contributed by atoms with Gasteiger partial charge in [-0.3, -0.25) is 11.3 Å². The predicted octanol–water partition coefficient (Wildman–Crippen LogP) is 1.88. The summed E-state index contributed by atoms with van der Waals surface area (Å²) in [5, 5.41) is 2.13. The summed E-state index contributed by atoms with van der Waals surface area (Å²) in [6.07, 6.45) is 8.03. The average Bonchev–Trinajstić information content (AvgIpc) is 3.00. The Balaban J connectivity index is 1.77. The molecule has 4 nitrogen and oxygen atoms in total. The molecular formula is C13H20N4S. The van der Waals surface area contributed by atoms with Crippen LogP contribution < -0.4 is 11.3 Å². The van der Waals surface area contributed by atoms with E-state index < -0.39 is 0 Å². The fraction of sp³-hybridized carbons (Fsp3) is 0.462. The summed E-state index contributed by atoms with van der Waals surface area (Å²) < 4.78 is 2.05. The molecule has 18 heavy (non-hydrogen) atoms. The molecule has 1 unspecified atom stereocenters. The summed E-state index contributed by atoms with van der Waals surface area (Å²) >= 11 is 1.82. The van der Waals surface area contributed by atoms with Crippen LogP contribution in [-0.2, 0) is 19.9 Å². The molecule has 0 saturated carbocycles. The van der Waals surface area contributed by atoms with Gasteiger partial charge in [0, 0.05) is 36.8 Å². The summed E-state index contributed by atoms with van der Waals surface area (Å²) in [7, 11) is 2.02. The van der Waals surface area contributed by atoms with Gasteiger partial charge in [-0.1, -0.05) is 6.07 Å². The highest BCUT2D eigenvalue weighted by molar-refractivity contribution is 7.09. The molecule has 2 rings (SSSR count). The normalized spacial score (nSPS) is 12.8. The number of imidazole rings is 1. The van der Waals surface area contributed by atoms with Crippen molar-refractivity contribution in [3.8, 4) is 0 Å². The molecule has 0 amide bonds. The van der Waals surface area contributed by atoms with Crippen LogP contribution in [0.4, 0.5) is 0 Å². The van der Waals surface area contributed by atoms with Crippen molar-refractivity contribution in [2.75, 3.05) is 0 Å². The molecule has 0 radical (unpaired) electrons. The maximum absolute atomic E-state index is 5.61. The van der Waals surface area contributed by atoms with E-state index in [1.807, 2.05) is 35.3 Å². The minimum Gasteiger partial charge on any atom is -0.338 e. The molecule has 0 saturated heterocycles. The topological polar surface area (TPSA) is 55.9 Å². The smallest absolute Gasteiger partial charge is 0.109 e. The molecule has 2 aromatic rings. The summed E-state index contributed by atoms with van der Waals surface area (Å²) in [5.41, 5.74) is 2.90. The van der Waals surface area contributed by atoms with E-state index in [1.165, 1.54) is 4.88 Å². The van der Waals surface area contributed by atoms with E-state index in [4.69, 9.17) is 5.84 Å². The van der Waals surface area contributed by atoms with E-state index in [1.54, 1.807) is 0 Å². The number of hydrogen-bond acceptors (Lipinski definition) is 4. The maximum atomic E-state index is 5.61. The number of nitrogens with two attached hydrogens (primary N) is 1. The van der Waals surface area contributed by atoms with Crippen molar-refractivity contribution in [1.82, 2.24) is 15.0 Å². The molecule has 0 fully saturated rings. The molecule has 0 spiro atoms. The molecular weight excluding hydrogens is 244 g/mol. The van der Waals surface area contributed by atoms with Crippen LogP contribution in [0.3, 0.4) is 0 Å². The van der Waals surface area contributed by atoms with Gasteiger partial charge in [-0.2, -0.15) is 0 Å². The number of aromatic nitrogens is 2. The van der Waals surface area contributed by atoms with Crippen LogP contribution in [0, 0.1) is 0 Å². The van der Waals surface area contributed by atoms with E-state index in [-0.39, 0.29) is 0 Å². The van der Waals surface area contributed by atoms with Gasteiger partial charge in [-0.15, -0.1) is 11.3 Å². The van der Waals surface area contributed by atoms with Gasteiger partial charge in [0.2, 0.25) is 0 Å². The Morgan fingerprint density at radius 3 is 3.06 bits per heavy atom. The van der Waals surface area contributed by atoms with Crippen LogP contribution in [0.2, 0.25) is 0 Å². The number of thiophene rings is 1. The van der Waals surface area contributed by atoms with Gasteiger partial charge in [0.1, 0.15) is 5.82 Å². The average molecular weight is 264 g/mol. The van der Waals surface area contributed by atoms with Crippen molar-refractivity contribution in [3.05, 3.63) is 40.6 Å². The SMILES string of the molecule is Cn1ccnc1CC(CCCc1cccs1)NN. The number of rotatable bonds is 7. The van der Waals surface area contributed by atoms with Crippen LogP contribution in [-0.4, -0.2) is 15.6 Å². The highest BCUT2D eigenvalue weighted by Gasteiger charge is 2.10. The van der Waals surface area contributed by atoms with E-state index in [0.717, 1.165) is 31.5 Å². The number of hydrogen-bond donors (Lipinski definition) is 2. The summed E-state index contributed by atoms with van der Waals surface area (Å²) in [4.78, 5) is 5.78. The zero-order valence-electron chi connectivity index (χ0n) is 10.7. The monoisotopic (exact) mass is 264 g/mol. The molecule has 0 aliphatic carbocycles. The van der Waals surface area contributed by atoms with Gasteiger partial charge >= 0.3 is 0 Å². The standard InChI is InChI=1S/C13H20N4S/c1-17-8-7-15-13(17)10-11(16-14)4-2-5-12-6-3-9-18-12/h3,6-9,11,16H,2,4-5,10,14H2,1H3. The van der Waals surface area contributed by atoms with Gasteiger partial charge in [0.25, 0.3) is 0 Å². The third-order valence-electron chi connectivity index (χ3n) is 3.14. The van der Waals surface area contributed by atoms with Gasteiger partial charge < -0.3 is 4.57 Å². The van der Waals surface area contributed by atoms with Crippen LogP contribution >= 0.6 is 11.3 Å². The van der Waals surface area contributed by atoms with Crippen LogP contribution in [0.25, 0.3) is 0 Å². The number of hydrazine groups is 1. The van der Waals surface area contributed by atoms with Crippen molar-refractivity contribution >= 4 is 11.3 Å². The fourth-order valence-electron chi connectivity index (χ4n) is 2.04. The highest BCUT2D eigenvalue weighted by Crippen LogP contribution is 2.13. The molecule has 0 bridgehead atoms. The second-order valence-electron chi connectivity index (χ2n) is 4.49. The Morgan fingerprint density at radius 1 is 1.56 bits per heavy atom. The van der Waals surface area contributed by atoms with Crippen molar-refractivity contribution < 1.29 is 0 Å². The first-order valence-corrected chi connectivity index (χ1v) is 7.12. The Hall–Kier alpha value is -1.17. The Morgan fingerprint density at radius 2 is 2.44 bits per heavy atom. The lowest BCUT2D eigenvalue weighted by Crippen LogP contribution is -2.37. The zero-order chi connectivity index (χ0) is 12.8. The van der Waals surface area contributed by atoms with Gasteiger partial charge in [0.05, 0.1) is 0 Å². The van der Waals surface area contributed by atoms with Crippen molar-refractivity contribution in [1.29, 1.82) is 0 Å². The zero-order valence-corrected chi connectivity index (χ0v) is 11.5. The van der Waals surface area contributed by atoms with Gasteiger partial charge in [-0.25, -0.2) is 4.98 Å². The van der Waals surface area contributed by atoms with E-state index in [0.29, 0.717) is 6.04 Å². The molecule has 3 N–H and O–H groups in total. The minimum absolute atomic E-state index is 0.297. The third-order valence-corrected chi connectivity index (χ3v) is 4.08. The second-order valence-corrected chi connectivity index (χ2v) is 5.53. The highest BCUT2D eigenvalue weighted by atomic mass is 32.1. The third kappa shape index (κ3) is 3.66. The largest absolute Gasteiger partial charge is 0.338 e. The lowest BCUT2D eigenvalue weighted by Gasteiger charge is -2.15. The number of aryl methyl sites for hydroxylation is 2. The quantitative estimate of drug-likeness (QED) is 0.593. The number of nitrogens with zero attached hydrogens (tertiary/aromatic N) is 2. The van der Waals surface area contributed by atoms with Crippen LogP contribution in [0.1, 0.15) is 23.5 Å². The molecule has 2 heterocycles. The molecule has 0 aliphatic rings. The first-order chi connectivity index (χ1) is 8.79. The van der Waals surface area contributed by atoms with Crippen molar-refractivity contribution in [3.63, 3.8) is 0 Å². The molecule has 0 aliphatic heterocycles. The summed E-state index contributed by atoms with van der Waals surface area (Å²) in [6, 6.07) is 4.59. The van der Waals surface area contributed by atoms with Gasteiger partial charge in [-0.05, 0) is 30.7 Å². The molecule has 1 atom stereocenters. The summed E-state index contributed by atoms with van der Waals surface area (Å²) in [6.45, 7) is 0. The Labute approximate surface area is 112 Å². The Kier molecular flexibility index (Phi) is 4.92. The van der Waals surface area contributed by atoms with E-state index >= 15 is 0 Å². The molecule has 5 heteroatoms. The van der Waals surface area contributed by atoms with Crippen LogP contribution in [0.5, 0.6) is 0 Å². The lowest BCUT2D eigenvalue weighted by molar-refractivity contribution is 0.464. The first kappa shape index (κ1) is 13.3. The Bertz CT molecular complexity index is 449. The lowest BCUT2D eigenvalue weighted by atomic mass is 10.1. The summed E-state index contributed by atoms with van der Waals surface area (Å²) in [5.74, 6) is 6.69. The molecule has 2 aromatic heterocycles. The number of nitrogens with one attached hydrogen (secondary N) is 1. The molecule has 0 aromatic carbocycles. The van der Waals surface area contributed by atoms with Crippen molar-refractivity contribution in [2.45, 2.75) is 31.7 Å². The predicted molar refractivity (Wildman–Crippen MR) is 75.3 cm³/mol. The van der Waals surface area contributed by atoms with E-state index in [2.05, 4.69) is 27.9 Å². The first-order valence-electron chi connectivity index (χ1n) is 6.24. The minimum atomic E-state index is 0.297. The van der Waals surface area contributed by atoms with Crippen molar-refractivity contribution in [2.24, 2.45) is 12.9 Å². The molecule has 98 valence electrons. The fourth-order valence-corrected chi connectivity index (χ4v) is 2.79. The van der Waals surface area contributed by atoms with Gasteiger partial charge in [0.15, 0.2) is 0 Å².